The fraction of sp³-hybridized carbons (Fsp3) is 0.500. The van der Waals surface area contributed by atoms with E-state index in [-0.39, 0.29) is 11.8 Å². The average molecular weight is 247 g/mol. The fourth-order valence-corrected chi connectivity index (χ4v) is 2.20. The molecule has 1 amide bonds. The Kier molecular flexibility index (Phi) is 3.57. The number of anilines is 2. The normalized spacial score (nSPS) is 16.7. The van der Waals surface area contributed by atoms with Crippen LogP contribution in [-0.2, 0) is 4.79 Å². The number of hydrogen-bond acceptors (Lipinski definition) is 3. The lowest BCUT2D eigenvalue weighted by Gasteiger charge is -2.37. The molecule has 2 rings (SSSR count). The van der Waals surface area contributed by atoms with Crippen molar-refractivity contribution in [3.05, 3.63) is 24.3 Å². The molecule has 1 atom stereocenters. The zero-order chi connectivity index (χ0) is 13.3. The van der Waals surface area contributed by atoms with Gasteiger partial charge in [0.1, 0.15) is 0 Å². The van der Waals surface area contributed by atoms with E-state index in [1.165, 1.54) is 0 Å². The van der Waals surface area contributed by atoms with Gasteiger partial charge in [0.25, 0.3) is 0 Å². The van der Waals surface area contributed by atoms with E-state index >= 15 is 0 Å². The second-order valence-corrected chi connectivity index (χ2v) is 5.17. The Morgan fingerprint density at radius 3 is 2.44 bits per heavy atom. The van der Waals surface area contributed by atoms with Crippen LogP contribution in [0.3, 0.4) is 0 Å². The smallest absolute Gasteiger partial charge is 0.244 e. The van der Waals surface area contributed by atoms with Crippen LogP contribution in [-0.4, -0.2) is 32.1 Å². The van der Waals surface area contributed by atoms with Crippen LogP contribution in [0.5, 0.6) is 0 Å². The number of hydrogen-bond donors (Lipinski definition) is 1. The highest BCUT2D eigenvalue weighted by molar-refractivity contribution is 6.00. The lowest BCUT2D eigenvalue weighted by Crippen LogP contribution is -2.51. The Morgan fingerprint density at radius 1 is 1.22 bits per heavy atom. The summed E-state index contributed by atoms with van der Waals surface area (Å²) in [5.41, 5.74) is 8.03. The number of fused-ring (bicyclic) bond motifs is 1. The van der Waals surface area contributed by atoms with Gasteiger partial charge in [-0.25, -0.2) is 0 Å². The second kappa shape index (κ2) is 4.98. The molecule has 0 spiro atoms. The van der Waals surface area contributed by atoms with Crippen molar-refractivity contribution < 1.29 is 4.79 Å². The van der Waals surface area contributed by atoms with Gasteiger partial charge in [-0.2, -0.15) is 0 Å². The van der Waals surface area contributed by atoms with Crippen LogP contribution in [0.4, 0.5) is 11.4 Å². The predicted molar refractivity (Wildman–Crippen MR) is 74.9 cm³/mol. The molecule has 1 aliphatic rings. The second-order valence-electron chi connectivity index (χ2n) is 5.17. The Hall–Kier alpha value is -1.55. The van der Waals surface area contributed by atoms with Crippen molar-refractivity contribution in [3.8, 4) is 0 Å². The molecule has 1 aliphatic heterocycles. The molecule has 0 bridgehead atoms. The lowest BCUT2D eigenvalue weighted by molar-refractivity contribution is -0.120. The summed E-state index contributed by atoms with van der Waals surface area (Å²) in [6.45, 7) is 5.50. The number of benzene rings is 1. The molecule has 2 N–H and O–H groups in total. The lowest BCUT2D eigenvalue weighted by atomic mass is 10.0. The molecule has 4 heteroatoms. The molecule has 0 saturated heterocycles. The van der Waals surface area contributed by atoms with Gasteiger partial charge in [-0.3, -0.25) is 4.79 Å². The standard InChI is InChI=1S/C14H21N3O/c1-10(2)13(15)14(18)17-9-8-16(3)11-6-4-5-7-12(11)17/h4-7,10,13H,8-9,15H2,1-3H3/t13-/m0/s1. The van der Waals surface area contributed by atoms with Crippen LogP contribution in [0.25, 0.3) is 0 Å². The van der Waals surface area contributed by atoms with E-state index < -0.39 is 6.04 Å². The summed E-state index contributed by atoms with van der Waals surface area (Å²) in [5, 5.41) is 0. The van der Waals surface area contributed by atoms with E-state index in [0.717, 1.165) is 17.9 Å². The predicted octanol–water partition coefficient (Wildman–Crippen LogP) is 1.45. The van der Waals surface area contributed by atoms with Crippen molar-refractivity contribution >= 4 is 17.3 Å². The molecule has 0 saturated carbocycles. The topological polar surface area (TPSA) is 49.6 Å². The van der Waals surface area contributed by atoms with Crippen molar-refractivity contribution in [1.82, 2.24) is 0 Å². The quantitative estimate of drug-likeness (QED) is 0.860. The maximum absolute atomic E-state index is 12.4. The van der Waals surface area contributed by atoms with Gasteiger partial charge in [0.15, 0.2) is 0 Å². The SMILES string of the molecule is CC(C)[C@H](N)C(=O)N1CCN(C)c2ccccc21. The van der Waals surface area contributed by atoms with Crippen LogP contribution >= 0.6 is 0 Å². The molecule has 98 valence electrons. The van der Waals surface area contributed by atoms with Crippen LogP contribution in [0.1, 0.15) is 13.8 Å². The molecule has 0 aromatic heterocycles. The molecular weight excluding hydrogens is 226 g/mol. The molecule has 1 aromatic rings. The van der Waals surface area contributed by atoms with Gasteiger partial charge in [-0.1, -0.05) is 26.0 Å². The maximum atomic E-state index is 12.4. The van der Waals surface area contributed by atoms with E-state index in [2.05, 4.69) is 4.90 Å². The third-order valence-electron chi connectivity index (χ3n) is 3.51. The number of carbonyl (C=O) groups excluding carboxylic acids is 1. The van der Waals surface area contributed by atoms with E-state index in [1.54, 1.807) is 0 Å². The Balaban J connectivity index is 2.32. The van der Waals surface area contributed by atoms with Gasteiger partial charge in [0, 0.05) is 20.1 Å². The highest BCUT2D eigenvalue weighted by atomic mass is 16.2. The summed E-state index contributed by atoms with van der Waals surface area (Å²) in [6.07, 6.45) is 0. The Labute approximate surface area is 108 Å². The van der Waals surface area contributed by atoms with E-state index in [9.17, 15) is 4.79 Å². The van der Waals surface area contributed by atoms with Gasteiger partial charge in [-0.05, 0) is 18.1 Å². The van der Waals surface area contributed by atoms with Crippen molar-refractivity contribution in [2.45, 2.75) is 19.9 Å². The largest absolute Gasteiger partial charge is 0.371 e. The fourth-order valence-electron chi connectivity index (χ4n) is 2.20. The molecule has 0 unspecified atom stereocenters. The highest BCUT2D eigenvalue weighted by Crippen LogP contribution is 2.32. The third kappa shape index (κ3) is 2.20. The van der Waals surface area contributed by atoms with E-state index in [4.69, 9.17) is 5.73 Å². The monoisotopic (exact) mass is 247 g/mol. The van der Waals surface area contributed by atoms with Crippen LogP contribution in [0.2, 0.25) is 0 Å². The number of para-hydroxylation sites is 2. The Bertz CT molecular complexity index is 444. The van der Waals surface area contributed by atoms with Crippen molar-refractivity contribution in [1.29, 1.82) is 0 Å². The van der Waals surface area contributed by atoms with Gasteiger partial charge in [0.2, 0.25) is 5.91 Å². The molecule has 0 fully saturated rings. The van der Waals surface area contributed by atoms with E-state index in [1.807, 2.05) is 50.1 Å². The average Bonchev–Trinajstić information content (AvgIpc) is 2.38. The minimum absolute atomic E-state index is 0.0190. The van der Waals surface area contributed by atoms with Crippen LogP contribution in [0.15, 0.2) is 24.3 Å². The summed E-state index contributed by atoms with van der Waals surface area (Å²) in [4.78, 5) is 16.4. The minimum Gasteiger partial charge on any atom is -0.371 e. The first kappa shape index (κ1) is 12.9. The first-order chi connectivity index (χ1) is 8.52. The number of likely N-dealkylation sites (N-methyl/N-ethyl adjacent to an activating group) is 1. The van der Waals surface area contributed by atoms with Crippen LogP contribution in [0, 0.1) is 5.92 Å². The van der Waals surface area contributed by atoms with Gasteiger partial charge < -0.3 is 15.5 Å². The molecule has 1 heterocycles. The van der Waals surface area contributed by atoms with Crippen molar-refractivity contribution in [2.75, 3.05) is 29.9 Å². The number of amides is 1. The maximum Gasteiger partial charge on any atom is 0.244 e. The molecule has 18 heavy (non-hydrogen) atoms. The third-order valence-corrected chi connectivity index (χ3v) is 3.51. The molecule has 0 aliphatic carbocycles. The van der Waals surface area contributed by atoms with Gasteiger partial charge in [0.05, 0.1) is 17.4 Å². The van der Waals surface area contributed by atoms with Gasteiger partial charge in [-0.15, -0.1) is 0 Å². The highest BCUT2D eigenvalue weighted by Gasteiger charge is 2.29. The zero-order valence-electron chi connectivity index (χ0n) is 11.3. The van der Waals surface area contributed by atoms with E-state index in [0.29, 0.717) is 6.54 Å². The zero-order valence-corrected chi connectivity index (χ0v) is 11.3. The van der Waals surface area contributed by atoms with Crippen molar-refractivity contribution in [2.24, 2.45) is 11.7 Å². The first-order valence-corrected chi connectivity index (χ1v) is 6.39. The summed E-state index contributed by atoms with van der Waals surface area (Å²) >= 11 is 0. The number of rotatable bonds is 2. The summed E-state index contributed by atoms with van der Waals surface area (Å²) in [5.74, 6) is 0.176. The van der Waals surface area contributed by atoms with Gasteiger partial charge >= 0.3 is 0 Å². The Morgan fingerprint density at radius 2 is 1.83 bits per heavy atom. The summed E-state index contributed by atoms with van der Waals surface area (Å²) < 4.78 is 0. The number of carbonyl (C=O) groups is 1. The van der Waals surface area contributed by atoms with Crippen molar-refractivity contribution in [3.63, 3.8) is 0 Å². The molecule has 0 radical (unpaired) electrons. The summed E-state index contributed by atoms with van der Waals surface area (Å²) in [7, 11) is 2.04. The number of nitrogens with zero attached hydrogens (tertiary/aromatic N) is 2. The summed E-state index contributed by atoms with van der Waals surface area (Å²) in [6, 6.07) is 7.54. The molecule has 1 aromatic carbocycles. The first-order valence-electron chi connectivity index (χ1n) is 6.39. The molecule has 4 nitrogen and oxygen atoms in total. The number of nitrogens with two attached hydrogens (primary N) is 1. The minimum atomic E-state index is -0.429. The molecular formula is C14H21N3O. The van der Waals surface area contributed by atoms with Crippen LogP contribution < -0.4 is 15.5 Å².